The van der Waals surface area contributed by atoms with Crippen LogP contribution in [0.1, 0.15) is 91.9 Å². The number of hydrogen-bond donors (Lipinski definition) is 2. The van der Waals surface area contributed by atoms with Crippen LogP contribution in [0.5, 0.6) is 0 Å². The molecule has 166 valence electrons. The van der Waals surface area contributed by atoms with Crippen LogP contribution in [0.4, 0.5) is 0 Å². The summed E-state index contributed by atoms with van der Waals surface area (Å²) in [5.74, 6) is 5.23. The highest BCUT2D eigenvalue weighted by Crippen LogP contribution is 2.69. The van der Waals surface area contributed by atoms with Crippen LogP contribution in [0.3, 0.4) is 0 Å². The molecule has 0 aromatic carbocycles. The third-order valence-corrected chi connectivity index (χ3v) is 11.1. The zero-order valence-corrected chi connectivity index (χ0v) is 19.5. The summed E-state index contributed by atoms with van der Waals surface area (Å²) in [7, 11) is 0. The normalized spacial score (nSPS) is 54.9. The molecule has 0 aromatic rings. The molecule has 0 spiro atoms. The van der Waals surface area contributed by atoms with Crippen LogP contribution in [0.25, 0.3) is 0 Å². The first kappa shape index (κ1) is 20.8. The van der Waals surface area contributed by atoms with E-state index in [1.807, 2.05) is 0 Å². The topological polar surface area (TPSA) is 47.3 Å². The zero-order valence-electron chi connectivity index (χ0n) is 19.5. The number of nitrogens with two attached hydrogens (primary N) is 1. The SMILES string of the molecule is CC[C@H](C)CNC1CC2C(CC3C4CCC5CC(N)CCC5(C)C4CCC23C)O1. The van der Waals surface area contributed by atoms with Crippen molar-refractivity contribution in [2.75, 3.05) is 6.54 Å². The van der Waals surface area contributed by atoms with Crippen molar-refractivity contribution < 1.29 is 4.74 Å². The second-order valence-corrected chi connectivity index (χ2v) is 12.4. The maximum atomic E-state index is 6.64. The van der Waals surface area contributed by atoms with Gasteiger partial charge < -0.3 is 10.5 Å². The van der Waals surface area contributed by atoms with Gasteiger partial charge in [0.2, 0.25) is 0 Å². The summed E-state index contributed by atoms with van der Waals surface area (Å²) >= 11 is 0. The molecule has 0 aromatic heterocycles. The predicted molar refractivity (Wildman–Crippen MR) is 119 cm³/mol. The number of nitrogens with one attached hydrogen (secondary N) is 1. The van der Waals surface area contributed by atoms with E-state index in [0.29, 0.717) is 29.2 Å². The van der Waals surface area contributed by atoms with Crippen LogP contribution in [0.2, 0.25) is 0 Å². The minimum absolute atomic E-state index is 0.308. The maximum absolute atomic E-state index is 6.64. The lowest BCUT2D eigenvalue weighted by molar-refractivity contribution is -0.114. The number of hydrogen-bond acceptors (Lipinski definition) is 3. The van der Waals surface area contributed by atoms with Crippen molar-refractivity contribution in [1.29, 1.82) is 0 Å². The molecule has 3 N–H and O–H groups in total. The van der Waals surface area contributed by atoms with Crippen LogP contribution in [0.15, 0.2) is 0 Å². The monoisotopic (exact) mass is 402 g/mol. The standard InChI is InChI=1S/C26H46N2O/c1-5-16(2)15-28-24-14-22-23(29-24)13-21-19-7-6-17-12-18(27)8-10-25(17,3)20(19)9-11-26(21,22)4/h16-24,28H,5-15,27H2,1-4H3/t16-,17?,18?,19?,20?,21?,22?,23?,24?,25?,26?/m0/s1. The highest BCUT2D eigenvalue weighted by atomic mass is 16.5. The summed E-state index contributed by atoms with van der Waals surface area (Å²) in [6.07, 6.45) is 14.4. The average Bonchev–Trinajstić information content (AvgIpc) is 3.23. The Hall–Kier alpha value is -0.120. The van der Waals surface area contributed by atoms with Crippen molar-refractivity contribution in [3.8, 4) is 0 Å². The fourth-order valence-electron chi connectivity index (χ4n) is 9.06. The van der Waals surface area contributed by atoms with Gasteiger partial charge in [-0.15, -0.1) is 0 Å². The maximum Gasteiger partial charge on any atom is 0.108 e. The second kappa shape index (κ2) is 7.48. The number of fused-ring (bicyclic) bond motifs is 7. The van der Waals surface area contributed by atoms with Crippen molar-refractivity contribution in [3.05, 3.63) is 0 Å². The molecule has 0 bridgehead atoms. The quantitative estimate of drug-likeness (QED) is 0.668. The fraction of sp³-hybridized carbons (Fsp3) is 1.00. The Morgan fingerprint density at radius 3 is 2.55 bits per heavy atom. The summed E-state index contributed by atoms with van der Waals surface area (Å²) in [6.45, 7) is 11.0. The van der Waals surface area contributed by atoms with Crippen LogP contribution in [0, 0.1) is 46.3 Å². The van der Waals surface area contributed by atoms with E-state index in [9.17, 15) is 0 Å². The lowest BCUT2D eigenvalue weighted by Crippen LogP contribution is -2.54. The summed E-state index contributed by atoms with van der Waals surface area (Å²) in [5, 5.41) is 3.74. The molecule has 4 aliphatic carbocycles. The molecular formula is C26H46N2O. The molecule has 1 heterocycles. The minimum atomic E-state index is 0.308. The molecule has 5 aliphatic rings. The number of ether oxygens (including phenoxy) is 1. The van der Waals surface area contributed by atoms with Gasteiger partial charge >= 0.3 is 0 Å². The third kappa shape index (κ3) is 3.24. The molecule has 3 heteroatoms. The Balaban J connectivity index is 1.29. The van der Waals surface area contributed by atoms with Crippen molar-refractivity contribution in [2.24, 2.45) is 52.1 Å². The molecule has 5 fully saturated rings. The molecular weight excluding hydrogens is 356 g/mol. The van der Waals surface area contributed by atoms with E-state index in [0.717, 1.165) is 42.1 Å². The van der Waals surface area contributed by atoms with E-state index in [2.05, 4.69) is 33.0 Å². The molecule has 11 atom stereocenters. The smallest absolute Gasteiger partial charge is 0.108 e. The van der Waals surface area contributed by atoms with Crippen molar-refractivity contribution in [3.63, 3.8) is 0 Å². The van der Waals surface area contributed by atoms with E-state index in [1.54, 1.807) is 0 Å². The summed E-state index contributed by atoms with van der Waals surface area (Å²) in [5.41, 5.74) is 7.47. The van der Waals surface area contributed by atoms with Gasteiger partial charge in [-0.3, -0.25) is 5.32 Å². The first-order chi connectivity index (χ1) is 13.8. The van der Waals surface area contributed by atoms with Crippen LogP contribution in [-0.4, -0.2) is 24.9 Å². The highest BCUT2D eigenvalue weighted by molar-refractivity contribution is 5.12. The molecule has 0 amide bonds. The number of rotatable bonds is 4. The van der Waals surface area contributed by atoms with Gasteiger partial charge in [-0.25, -0.2) is 0 Å². The lowest BCUT2D eigenvalue weighted by Gasteiger charge is -2.61. The van der Waals surface area contributed by atoms with Gasteiger partial charge in [0, 0.05) is 12.6 Å². The van der Waals surface area contributed by atoms with Gasteiger partial charge in [0.05, 0.1) is 6.10 Å². The van der Waals surface area contributed by atoms with Gasteiger partial charge in [-0.1, -0.05) is 34.1 Å². The van der Waals surface area contributed by atoms with E-state index in [-0.39, 0.29) is 0 Å². The Morgan fingerprint density at radius 1 is 0.966 bits per heavy atom. The van der Waals surface area contributed by atoms with Crippen molar-refractivity contribution in [1.82, 2.24) is 5.32 Å². The third-order valence-electron chi connectivity index (χ3n) is 11.1. The van der Waals surface area contributed by atoms with E-state index >= 15 is 0 Å². The summed E-state index contributed by atoms with van der Waals surface area (Å²) in [4.78, 5) is 0. The van der Waals surface area contributed by atoms with Gasteiger partial charge in [-0.05, 0) is 104 Å². The largest absolute Gasteiger partial charge is 0.360 e. The Labute approximate surface area is 179 Å². The van der Waals surface area contributed by atoms with E-state index in [4.69, 9.17) is 10.5 Å². The first-order valence-corrected chi connectivity index (χ1v) is 13.0. The molecule has 3 nitrogen and oxygen atoms in total. The molecule has 10 unspecified atom stereocenters. The molecule has 1 saturated heterocycles. The van der Waals surface area contributed by atoms with E-state index in [1.165, 1.54) is 64.2 Å². The molecule has 4 saturated carbocycles. The molecule has 1 aliphatic heterocycles. The van der Waals surface area contributed by atoms with Gasteiger partial charge in [0.15, 0.2) is 0 Å². The van der Waals surface area contributed by atoms with Crippen molar-refractivity contribution in [2.45, 2.75) is 110 Å². The fourth-order valence-corrected chi connectivity index (χ4v) is 9.06. The first-order valence-electron chi connectivity index (χ1n) is 13.0. The molecule has 0 radical (unpaired) electrons. The van der Waals surface area contributed by atoms with E-state index < -0.39 is 0 Å². The van der Waals surface area contributed by atoms with Gasteiger partial charge in [-0.2, -0.15) is 0 Å². The molecule has 29 heavy (non-hydrogen) atoms. The molecule has 5 rings (SSSR count). The van der Waals surface area contributed by atoms with Crippen LogP contribution in [-0.2, 0) is 4.74 Å². The lowest BCUT2D eigenvalue weighted by atomic mass is 9.44. The van der Waals surface area contributed by atoms with Gasteiger partial charge in [0.25, 0.3) is 0 Å². The average molecular weight is 403 g/mol. The minimum Gasteiger partial charge on any atom is -0.360 e. The Bertz CT molecular complexity index is 610. The second-order valence-electron chi connectivity index (χ2n) is 12.4. The Morgan fingerprint density at radius 2 is 1.76 bits per heavy atom. The zero-order chi connectivity index (χ0) is 20.4. The van der Waals surface area contributed by atoms with Crippen LogP contribution < -0.4 is 11.1 Å². The van der Waals surface area contributed by atoms with Crippen molar-refractivity contribution >= 4 is 0 Å². The van der Waals surface area contributed by atoms with Crippen LogP contribution >= 0.6 is 0 Å². The summed E-state index contributed by atoms with van der Waals surface area (Å²) in [6, 6.07) is 0.470. The van der Waals surface area contributed by atoms with Gasteiger partial charge in [0.1, 0.15) is 6.23 Å². The summed E-state index contributed by atoms with van der Waals surface area (Å²) < 4.78 is 6.64. The predicted octanol–water partition coefficient (Wildman–Crippen LogP) is 5.33. The highest BCUT2D eigenvalue weighted by Gasteiger charge is 2.64. The Kier molecular flexibility index (Phi) is 5.36.